The Morgan fingerprint density at radius 1 is 1.00 bits per heavy atom. The largest absolute Gasteiger partial charge is 0.481 e. The van der Waals surface area contributed by atoms with Gasteiger partial charge in [0.15, 0.2) is 0 Å². The number of amides is 2. The van der Waals surface area contributed by atoms with Gasteiger partial charge in [-0.1, -0.05) is 48.5 Å². The van der Waals surface area contributed by atoms with Crippen LogP contribution in [0.2, 0.25) is 0 Å². The Kier molecular flexibility index (Phi) is 6.72. The number of carboxylic acids is 1. The van der Waals surface area contributed by atoms with E-state index in [1.54, 1.807) is 4.90 Å². The molecule has 2 aliphatic heterocycles. The normalized spacial score (nSPS) is 23.4. The second kappa shape index (κ2) is 10.1. The molecule has 2 amide bonds. The van der Waals surface area contributed by atoms with E-state index in [4.69, 9.17) is 9.47 Å². The minimum Gasteiger partial charge on any atom is -0.481 e. The molecule has 0 aromatic heterocycles. The average Bonchev–Trinajstić information content (AvgIpc) is 3.45. The van der Waals surface area contributed by atoms with Crippen LogP contribution in [0.1, 0.15) is 42.7 Å². The summed E-state index contributed by atoms with van der Waals surface area (Å²) in [6, 6.07) is 15.5. The number of nitrogens with zero attached hydrogens (tertiary/aromatic N) is 1. The zero-order valence-corrected chi connectivity index (χ0v) is 19.5. The zero-order valence-electron chi connectivity index (χ0n) is 19.5. The predicted octanol–water partition coefficient (Wildman–Crippen LogP) is 3.40. The first kappa shape index (κ1) is 23.4. The van der Waals surface area contributed by atoms with Crippen molar-refractivity contribution in [3.8, 4) is 11.1 Å². The van der Waals surface area contributed by atoms with Crippen molar-refractivity contribution >= 4 is 18.0 Å². The number of aliphatic carboxylic acids is 1. The summed E-state index contributed by atoms with van der Waals surface area (Å²) in [5.74, 6) is -1.66. The monoisotopic (exact) mass is 478 g/mol. The Morgan fingerprint density at radius 3 is 2.37 bits per heavy atom. The zero-order chi connectivity index (χ0) is 24.4. The molecule has 5 rings (SSSR count). The van der Waals surface area contributed by atoms with Crippen LogP contribution < -0.4 is 5.32 Å². The van der Waals surface area contributed by atoms with Crippen LogP contribution in [0.25, 0.3) is 11.1 Å². The van der Waals surface area contributed by atoms with Crippen LogP contribution in [0.5, 0.6) is 0 Å². The molecular weight excluding hydrogens is 448 g/mol. The number of alkyl carbamates (subject to hydrolysis) is 1. The lowest BCUT2D eigenvalue weighted by Crippen LogP contribution is -2.52. The fourth-order valence-corrected chi connectivity index (χ4v) is 5.65. The SMILES string of the molecule is O=C(O)C[C@@H]1CCCCN1C(=O)C1COCC1NC(=O)OCC1c2ccccc2-c2ccccc21. The van der Waals surface area contributed by atoms with Gasteiger partial charge in [0.2, 0.25) is 5.91 Å². The molecule has 0 spiro atoms. The quantitative estimate of drug-likeness (QED) is 0.659. The number of ether oxygens (including phenoxy) is 2. The van der Waals surface area contributed by atoms with Crippen LogP contribution >= 0.6 is 0 Å². The highest BCUT2D eigenvalue weighted by atomic mass is 16.5. The van der Waals surface area contributed by atoms with Crippen molar-refractivity contribution in [2.45, 2.75) is 43.7 Å². The van der Waals surface area contributed by atoms with Crippen molar-refractivity contribution < 1.29 is 29.0 Å². The molecule has 2 aromatic carbocycles. The number of rotatable bonds is 6. The van der Waals surface area contributed by atoms with Crippen LogP contribution in [-0.4, -0.2) is 66.4 Å². The summed E-state index contributed by atoms with van der Waals surface area (Å²) in [6.45, 7) is 1.14. The highest BCUT2D eigenvalue weighted by molar-refractivity contribution is 5.82. The molecule has 8 heteroatoms. The van der Waals surface area contributed by atoms with Crippen molar-refractivity contribution in [2.24, 2.45) is 5.92 Å². The maximum atomic E-state index is 13.3. The number of piperidine rings is 1. The lowest BCUT2D eigenvalue weighted by Gasteiger charge is -2.37. The van der Waals surface area contributed by atoms with Gasteiger partial charge in [0.05, 0.1) is 31.6 Å². The van der Waals surface area contributed by atoms with E-state index < -0.39 is 24.0 Å². The lowest BCUT2D eigenvalue weighted by molar-refractivity contribution is -0.144. The summed E-state index contributed by atoms with van der Waals surface area (Å²) in [5.41, 5.74) is 4.58. The van der Waals surface area contributed by atoms with E-state index >= 15 is 0 Å². The van der Waals surface area contributed by atoms with Crippen LogP contribution in [0.3, 0.4) is 0 Å². The third-order valence-electron chi connectivity index (χ3n) is 7.37. The number of nitrogens with one attached hydrogen (secondary N) is 1. The summed E-state index contributed by atoms with van der Waals surface area (Å²) in [4.78, 5) is 39.0. The maximum Gasteiger partial charge on any atom is 0.407 e. The van der Waals surface area contributed by atoms with Crippen molar-refractivity contribution in [2.75, 3.05) is 26.4 Å². The molecule has 2 fully saturated rings. The molecule has 3 atom stereocenters. The van der Waals surface area contributed by atoms with Gasteiger partial charge in [-0.15, -0.1) is 0 Å². The molecule has 184 valence electrons. The minimum absolute atomic E-state index is 0.0458. The van der Waals surface area contributed by atoms with Gasteiger partial charge in [-0.3, -0.25) is 9.59 Å². The number of carbonyl (C=O) groups is 3. The van der Waals surface area contributed by atoms with Gasteiger partial charge < -0.3 is 24.8 Å². The fraction of sp³-hybridized carbons (Fsp3) is 0.444. The smallest absolute Gasteiger partial charge is 0.407 e. The second-order valence-electron chi connectivity index (χ2n) is 9.50. The second-order valence-corrected chi connectivity index (χ2v) is 9.50. The molecule has 0 radical (unpaired) electrons. The Bertz CT molecular complexity index is 1070. The molecular formula is C27H30N2O6. The predicted molar refractivity (Wildman–Crippen MR) is 128 cm³/mol. The number of hydrogen-bond donors (Lipinski definition) is 2. The van der Waals surface area contributed by atoms with Crippen molar-refractivity contribution in [3.63, 3.8) is 0 Å². The number of likely N-dealkylation sites (tertiary alicyclic amines) is 1. The number of fused-ring (bicyclic) bond motifs is 3. The number of hydrogen-bond acceptors (Lipinski definition) is 5. The van der Waals surface area contributed by atoms with E-state index in [0.717, 1.165) is 35.1 Å². The number of benzene rings is 2. The summed E-state index contributed by atoms with van der Waals surface area (Å²) in [7, 11) is 0. The van der Waals surface area contributed by atoms with Crippen molar-refractivity contribution in [1.29, 1.82) is 0 Å². The Morgan fingerprint density at radius 2 is 1.69 bits per heavy atom. The van der Waals surface area contributed by atoms with Gasteiger partial charge in [0.1, 0.15) is 6.61 Å². The van der Waals surface area contributed by atoms with Gasteiger partial charge in [0, 0.05) is 18.5 Å². The molecule has 3 aliphatic rings. The maximum absolute atomic E-state index is 13.3. The highest BCUT2D eigenvalue weighted by Gasteiger charge is 2.41. The van der Waals surface area contributed by atoms with Crippen LogP contribution in [0, 0.1) is 5.92 Å². The van der Waals surface area contributed by atoms with Gasteiger partial charge in [-0.2, -0.15) is 0 Å². The van der Waals surface area contributed by atoms with E-state index in [2.05, 4.69) is 29.6 Å². The van der Waals surface area contributed by atoms with Crippen LogP contribution in [-0.2, 0) is 19.1 Å². The molecule has 2 aromatic rings. The average molecular weight is 479 g/mol. The third kappa shape index (κ3) is 4.75. The first-order valence-electron chi connectivity index (χ1n) is 12.2. The Balaban J connectivity index is 1.22. The topological polar surface area (TPSA) is 105 Å². The summed E-state index contributed by atoms with van der Waals surface area (Å²) in [5, 5.41) is 12.1. The summed E-state index contributed by atoms with van der Waals surface area (Å²) >= 11 is 0. The van der Waals surface area contributed by atoms with E-state index in [9.17, 15) is 19.5 Å². The molecule has 1 aliphatic carbocycles. The Hall–Kier alpha value is -3.39. The lowest BCUT2D eigenvalue weighted by atomic mass is 9.95. The number of carboxylic acid groups (broad SMARTS) is 1. The van der Waals surface area contributed by atoms with E-state index in [1.807, 2.05) is 24.3 Å². The van der Waals surface area contributed by atoms with E-state index in [-0.39, 0.29) is 44.1 Å². The summed E-state index contributed by atoms with van der Waals surface area (Å²) < 4.78 is 11.2. The molecule has 8 nitrogen and oxygen atoms in total. The molecule has 2 unspecified atom stereocenters. The number of carbonyl (C=O) groups excluding carboxylic acids is 2. The van der Waals surface area contributed by atoms with Gasteiger partial charge in [-0.05, 0) is 41.5 Å². The van der Waals surface area contributed by atoms with E-state index in [1.165, 1.54) is 0 Å². The van der Waals surface area contributed by atoms with Gasteiger partial charge in [0.25, 0.3) is 0 Å². The van der Waals surface area contributed by atoms with Gasteiger partial charge >= 0.3 is 12.1 Å². The minimum atomic E-state index is -0.911. The summed E-state index contributed by atoms with van der Waals surface area (Å²) in [6.07, 6.45) is 1.78. The molecule has 2 heterocycles. The highest BCUT2D eigenvalue weighted by Crippen LogP contribution is 2.44. The van der Waals surface area contributed by atoms with Crippen molar-refractivity contribution in [1.82, 2.24) is 10.2 Å². The first-order chi connectivity index (χ1) is 17.0. The first-order valence-corrected chi connectivity index (χ1v) is 12.2. The van der Waals surface area contributed by atoms with Crippen LogP contribution in [0.4, 0.5) is 4.79 Å². The third-order valence-corrected chi connectivity index (χ3v) is 7.37. The van der Waals surface area contributed by atoms with Crippen LogP contribution in [0.15, 0.2) is 48.5 Å². The molecule has 0 saturated carbocycles. The molecule has 35 heavy (non-hydrogen) atoms. The molecule has 2 saturated heterocycles. The fourth-order valence-electron chi connectivity index (χ4n) is 5.65. The standard InChI is InChI=1S/C27H30N2O6/c30-25(31)13-17-7-5-6-12-29(17)26(32)23-14-34-16-24(23)28-27(33)35-15-22-20-10-3-1-8-18(20)19-9-2-4-11-21(19)22/h1-4,8-11,17,22-24H,5-7,12-16H2,(H,28,33)(H,30,31)/t17-,23?,24?/m0/s1. The molecule has 0 bridgehead atoms. The van der Waals surface area contributed by atoms with Gasteiger partial charge in [-0.25, -0.2) is 4.79 Å². The Labute approximate surface area is 204 Å². The molecule has 2 N–H and O–H groups in total. The van der Waals surface area contributed by atoms with E-state index in [0.29, 0.717) is 13.0 Å². The van der Waals surface area contributed by atoms with Crippen molar-refractivity contribution in [3.05, 3.63) is 59.7 Å².